The lowest BCUT2D eigenvalue weighted by Gasteiger charge is -2.13. The molecule has 1 atom stereocenters. The van der Waals surface area contributed by atoms with E-state index in [4.69, 9.17) is 18.6 Å². The van der Waals surface area contributed by atoms with Crippen molar-refractivity contribution < 1.29 is 28.5 Å². The second kappa shape index (κ2) is 10.8. The maximum Gasteiger partial charge on any atom is 0.258 e. The van der Waals surface area contributed by atoms with E-state index in [1.165, 1.54) is 13.4 Å². The highest BCUT2D eigenvalue weighted by atomic mass is 16.5. The van der Waals surface area contributed by atoms with Crippen molar-refractivity contribution >= 4 is 16.9 Å². The van der Waals surface area contributed by atoms with Crippen LogP contribution in [0.5, 0.6) is 17.2 Å². The minimum atomic E-state index is -0.810. The summed E-state index contributed by atoms with van der Waals surface area (Å²) in [5, 5.41) is 13.2. The average molecular weight is 475 g/mol. The fraction of sp³-hybridized carbons (Fsp3) is 0.185. The van der Waals surface area contributed by atoms with Crippen LogP contribution in [0.4, 0.5) is 0 Å². The Kier molecular flexibility index (Phi) is 7.32. The standard InChI is InChI=1S/C27H25NO7/c1-32-23-11-8-18(12-25(23)33-2)21-15-35-24-13-19(9-10-20(24)27(21)31)34-16-26(30)28-14-22(29)17-6-4-3-5-7-17/h3-13,15,22,29H,14,16H2,1-2H3,(H,28,30). The highest BCUT2D eigenvalue weighted by molar-refractivity contribution is 5.83. The molecule has 0 aliphatic heterocycles. The molecule has 1 amide bonds. The molecule has 1 heterocycles. The zero-order valence-corrected chi connectivity index (χ0v) is 19.3. The molecule has 0 aliphatic carbocycles. The van der Waals surface area contributed by atoms with E-state index < -0.39 is 6.10 Å². The summed E-state index contributed by atoms with van der Waals surface area (Å²) in [6.07, 6.45) is 0.572. The molecule has 8 heteroatoms. The van der Waals surface area contributed by atoms with E-state index in [0.717, 1.165) is 0 Å². The second-order valence-electron chi connectivity index (χ2n) is 7.73. The lowest BCUT2D eigenvalue weighted by molar-refractivity contribution is -0.123. The highest BCUT2D eigenvalue weighted by Gasteiger charge is 2.14. The summed E-state index contributed by atoms with van der Waals surface area (Å²) < 4.78 is 21.8. The van der Waals surface area contributed by atoms with Crippen LogP contribution in [0.15, 0.2) is 82.2 Å². The number of hydrogen-bond donors (Lipinski definition) is 2. The van der Waals surface area contributed by atoms with Gasteiger partial charge in [-0.15, -0.1) is 0 Å². The summed E-state index contributed by atoms with van der Waals surface area (Å²) in [6.45, 7) is -0.182. The van der Waals surface area contributed by atoms with Gasteiger partial charge in [0.1, 0.15) is 17.6 Å². The number of carbonyl (C=O) groups is 1. The number of rotatable bonds is 9. The monoisotopic (exact) mass is 475 g/mol. The van der Waals surface area contributed by atoms with Crippen LogP contribution < -0.4 is 25.0 Å². The van der Waals surface area contributed by atoms with Crippen molar-refractivity contribution in [1.29, 1.82) is 0 Å². The van der Waals surface area contributed by atoms with E-state index >= 15 is 0 Å². The molecule has 0 fully saturated rings. The maximum atomic E-state index is 13.1. The zero-order valence-electron chi connectivity index (χ0n) is 19.3. The number of fused-ring (bicyclic) bond motifs is 1. The first-order valence-corrected chi connectivity index (χ1v) is 10.9. The van der Waals surface area contributed by atoms with Crippen LogP contribution in [0.25, 0.3) is 22.1 Å². The molecule has 4 aromatic rings. The van der Waals surface area contributed by atoms with Gasteiger partial charge in [-0.3, -0.25) is 9.59 Å². The third kappa shape index (κ3) is 5.44. The lowest BCUT2D eigenvalue weighted by Crippen LogP contribution is -2.32. The summed E-state index contributed by atoms with van der Waals surface area (Å²) in [5.41, 5.74) is 1.84. The van der Waals surface area contributed by atoms with Crippen molar-refractivity contribution in [3.63, 3.8) is 0 Å². The number of aliphatic hydroxyl groups excluding tert-OH is 1. The van der Waals surface area contributed by atoms with Gasteiger partial charge >= 0.3 is 0 Å². The van der Waals surface area contributed by atoms with Gasteiger partial charge in [-0.1, -0.05) is 36.4 Å². The van der Waals surface area contributed by atoms with Crippen LogP contribution in [0.1, 0.15) is 11.7 Å². The molecule has 0 saturated heterocycles. The Morgan fingerprint density at radius 2 is 1.77 bits per heavy atom. The van der Waals surface area contributed by atoms with Crippen molar-refractivity contribution in [2.24, 2.45) is 0 Å². The minimum absolute atomic E-state index is 0.0672. The number of hydrogen-bond acceptors (Lipinski definition) is 7. The molecule has 3 aromatic carbocycles. The third-order valence-electron chi connectivity index (χ3n) is 5.49. The van der Waals surface area contributed by atoms with Crippen molar-refractivity contribution in [2.75, 3.05) is 27.4 Å². The summed E-state index contributed by atoms with van der Waals surface area (Å²) in [7, 11) is 3.07. The fourth-order valence-corrected chi connectivity index (χ4v) is 3.60. The number of aliphatic hydroxyl groups is 1. The van der Waals surface area contributed by atoms with Crippen LogP contribution in [-0.4, -0.2) is 38.4 Å². The Morgan fingerprint density at radius 1 is 1.00 bits per heavy atom. The third-order valence-corrected chi connectivity index (χ3v) is 5.49. The predicted molar refractivity (Wildman–Crippen MR) is 131 cm³/mol. The number of nitrogens with one attached hydrogen (secondary N) is 1. The van der Waals surface area contributed by atoms with E-state index in [9.17, 15) is 14.7 Å². The molecule has 0 saturated carbocycles. The number of ether oxygens (including phenoxy) is 3. The maximum absolute atomic E-state index is 13.1. The topological polar surface area (TPSA) is 107 Å². The van der Waals surface area contributed by atoms with Crippen LogP contribution in [0.3, 0.4) is 0 Å². The van der Waals surface area contributed by atoms with E-state index in [0.29, 0.717) is 44.9 Å². The van der Waals surface area contributed by atoms with Gasteiger partial charge in [0.15, 0.2) is 23.5 Å². The van der Waals surface area contributed by atoms with Crippen molar-refractivity contribution in [3.8, 4) is 28.4 Å². The molecule has 0 spiro atoms. The van der Waals surface area contributed by atoms with Crippen molar-refractivity contribution in [3.05, 3.63) is 88.8 Å². The molecule has 35 heavy (non-hydrogen) atoms. The Morgan fingerprint density at radius 3 is 2.51 bits per heavy atom. The molecule has 1 aromatic heterocycles. The van der Waals surface area contributed by atoms with E-state index in [1.807, 2.05) is 18.2 Å². The molecule has 8 nitrogen and oxygen atoms in total. The predicted octanol–water partition coefficient (Wildman–Crippen LogP) is 3.71. The van der Waals surface area contributed by atoms with Crippen LogP contribution in [0.2, 0.25) is 0 Å². The van der Waals surface area contributed by atoms with E-state index in [2.05, 4.69) is 5.32 Å². The Labute approximate surface area is 201 Å². The molecule has 180 valence electrons. The van der Waals surface area contributed by atoms with Crippen LogP contribution in [-0.2, 0) is 4.79 Å². The number of methoxy groups -OCH3 is 2. The summed E-state index contributed by atoms with van der Waals surface area (Å²) >= 11 is 0. The average Bonchev–Trinajstić information content (AvgIpc) is 2.90. The molecular weight excluding hydrogens is 450 g/mol. The van der Waals surface area contributed by atoms with Crippen molar-refractivity contribution in [2.45, 2.75) is 6.10 Å². The molecule has 2 N–H and O–H groups in total. The fourth-order valence-electron chi connectivity index (χ4n) is 3.60. The van der Waals surface area contributed by atoms with Gasteiger partial charge in [0.2, 0.25) is 0 Å². The van der Waals surface area contributed by atoms with E-state index in [-0.39, 0.29) is 24.5 Å². The molecular formula is C27H25NO7. The van der Waals surface area contributed by atoms with Gasteiger partial charge in [0.05, 0.1) is 31.3 Å². The number of benzene rings is 3. The quantitative estimate of drug-likeness (QED) is 0.380. The second-order valence-corrected chi connectivity index (χ2v) is 7.73. The smallest absolute Gasteiger partial charge is 0.258 e. The Hall–Kier alpha value is -4.30. The van der Waals surface area contributed by atoms with Gasteiger partial charge in [-0.25, -0.2) is 0 Å². The molecule has 1 unspecified atom stereocenters. The van der Waals surface area contributed by atoms with Crippen LogP contribution >= 0.6 is 0 Å². The van der Waals surface area contributed by atoms with E-state index in [1.54, 1.807) is 55.6 Å². The largest absolute Gasteiger partial charge is 0.493 e. The van der Waals surface area contributed by atoms with Crippen molar-refractivity contribution in [1.82, 2.24) is 5.32 Å². The summed E-state index contributed by atoms with van der Waals surface area (Å²) in [4.78, 5) is 25.2. The van der Waals surface area contributed by atoms with Crippen LogP contribution in [0, 0.1) is 0 Å². The number of amides is 1. The molecule has 0 aliphatic rings. The lowest BCUT2D eigenvalue weighted by atomic mass is 10.0. The first kappa shape index (κ1) is 23.8. The van der Waals surface area contributed by atoms with Gasteiger partial charge in [-0.05, 0) is 35.4 Å². The minimum Gasteiger partial charge on any atom is -0.493 e. The summed E-state index contributed by atoms with van der Waals surface area (Å²) in [6, 6.07) is 19.0. The van der Waals surface area contributed by atoms with Gasteiger partial charge < -0.3 is 29.1 Å². The first-order chi connectivity index (χ1) is 17.0. The number of carbonyl (C=O) groups excluding carboxylic acids is 1. The van der Waals surface area contributed by atoms with Gasteiger partial charge in [-0.2, -0.15) is 0 Å². The van der Waals surface area contributed by atoms with Gasteiger partial charge in [0, 0.05) is 12.6 Å². The molecule has 0 bridgehead atoms. The Balaban J connectivity index is 1.43. The molecule has 4 rings (SSSR count). The molecule has 0 radical (unpaired) electrons. The first-order valence-electron chi connectivity index (χ1n) is 10.9. The normalized spacial score (nSPS) is 11.6. The zero-order chi connectivity index (χ0) is 24.8. The highest BCUT2D eigenvalue weighted by Crippen LogP contribution is 2.32. The SMILES string of the molecule is COc1ccc(-c2coc3cc(OCC(=O)NCC(O)c4ccccc4)ccc3c2=O)cc1OC. The Bertz CT molecular complexity index is 1380. The summed E-state index contributed by atoms with van der Waals surface area (Å²) in [5.74, 6) is 1.05. The van der Waals surface area contributed by atoms with Gasteiger partial charge in [0.25, 0.3) is 5.91 Å².